The van der Waals surface area contributed by atoms with Crippen molar-refractivity contribution >= 4 is 5.78 Å². The molecule has 0 bridgehead atoms. The van der Waals surface area contributed by atoms with Crippen molar-refractivity contribution in [2.45, 2.75) is 40.2 Å². The van der Waals surface area contributed by atoms with Gasteiger partial charge in [-0.1, -0.05) is 13.8 Å². The molecule has 17 heavy (non-hydrogen) atoms. The van der Waals surface area contributed by atoms with E-state index in [0.29, 0.717) is 0 Å². The van der Waals surface area contributed by atoms with Gasteiger partial charge in [0, 0.05) is 18.0 Å². The fourth-order valence-corrected chi connectivity index (χ4v) is 2.19. The van der Waals surface area contributed by atoms with Gasteiger partial charge in [0.05, 0.1) is 5.54 Å². The third-order valence-electron chi connectivity index (χ3n) is 3.39. The smallest absolute Gasteiger partial charge is 0.184 e. The van der Waals surface area contributed by atoms with E-state index in [2.05, 4.69) is 23.7 Å². The van der Waals surface area contributed by atoms with Crippen LogP contribution in [0.25, 0.3) is 0 Å². The SMILES string of the molecule is CCN(CC)C(C)(C)C(=O)c1cnccc1C. The van der Waals surface area contributed by atoms with Gasteiger partial charge in [0.1, 0.15) is 0 Å². The lowest BCUT2D eigenvalue weighted by Gasteiger charge is -2.36. The molecule has 0 aliphatic carbocycles. The highest BCUT2D eigenvalue weighted by molar-refractivity contribution is 6.03. The zero-order chi connectivity index (χ0) is 13.1. The first-order valence-corrected chi connectivity index (χ1v) is 6.15. The molecule has 0 saturated carbocycles. The van der Waals surface area contributed by atoms with Gasteiger partial charge in [-0.05, 0) is 45.5 Å². The van der Waals surface area contributed by atoms with E-state index in [1.165, 1.54) is 0 Å². The number of aryl methyl sites for hydroxylation is 1. The van der Waals surface area contributed by atoms with E-state index < -0.39 is 5.54 Å². The number of aromatic nitrogens is 1. The van der Waals surface area contributed by atoms with Crippen molar-refractivity contribution in [1.82, 2.24) is 9.88 Å². The topological polar surface area (TPSA) is 33.2 Å². The van der Waals surface area contributed by atoms with E-state index in [0.717, 1.165) is 24.2 Å². The van der Waals surface area contributed by atoms with Gasteiger partial charge in [0.25, 0.3) is 0 Å². The largest absolute Gasteiger partial charge is 0.292 e. The summed E-state index contributed by atoms with van der Waals surface area (Å²) in [6.07, 6.45) is 3.39. The van der Waals surface area contributed by atoms with Gasteiger partial charge in [-0.15, -0.1) is 0 Å². The van der Waals surface area contributed by atoms with Crippen LogP contribution in [0.15, 0.2) is 18.5 Å². The molecule has 0 aliphatic heterocycles. The van der Waals surface area contributed by atoms with Crippen LogP contribution >= 0.6 is 0 Å². The van der Waals surface area contributed by atoms with E-state index in [-0.39, 0.29) is 5.78 Å². The monoisotopic (exact) mass is 234 g/mol. The highest BCUT2D eigenvalue weighted by Crippen LogP contribution is 2.21. The van der Waals surface area contributed by atoms with E-state index in [1.807, 2.05) is 26.8 Å². The van der Waals surface area contributed by atoms with Gasteiger partial charge in [0.2, 0.25) is 0 Å². The summed E-state index contributed by atoms with van der Waals surface area (Å²) < 4.78 is 0. The Labute approximate surface area is 104 Å². The lowest BCUT2D eigenvalue weighted by molar-refractivity contribution is 0.0667. The minimum Gasteiger partial charge on any atom is -0.292 e. The van der Waals surface area contributed by atoms with Crippen LogP contribution in [0.5, 0.6) is 0 Å². The van der Waals surface area contributed by atoms with Crippen LogP contribution in [0.4, 0.5) is 0 Å². The van der Waals surface area contributed by atoms with Crippen LogP contribution in [0.1, 0.15) is 43.6 Å². The minimum atomic E-state index is -0.475. The number of hydrogen-bond acceptors (Lipinski definition) is 3. The van der Waals surface area contributed by atoms with Gasteiger partial charge in [0.15, 0.2) is 5.78 Å². The molecule has 0 amide bonds. The highest BCUT2D eigenvalue weighted by Gasteiger charge is 2.34. The average Bonchev–Trinajstić information content (AvgIpc) is 2.30. The lowest BCUT2D eigenvalue weighted by Crippen LogP contribution is -2.50. The summed E-state index contributed by atoms with van der Waals surface area (Å²) in [4.78, 5) is 18.8. The molecule has 94 valence electrons. The average molecular weight is 234 g/mol. The molecule has 0 unspecified atom stereocenters. The molecule has 1 aromatic heterocycles. The first-order chi connectivity index (χ1) is 7.95. The quantitative estimate of drug-likeness (QED) is 0.734. The number of carbonyl (C=O) groups excluding carboxylic acids is 1. The summed E-state index contributed by atoms with van der Waals surface area (Å²) in [6, 6.07) is 1.88. The number of ketones is 1. The van der Waals surface area contributed by atoms with Crippen molar-refractivity contribution in [1.29, 1.82) is 0 Å². The minimum absolute atomic E-state index is 0.145. The molecular formula is C14H22N2O. The summed E-state index contributed by atoms with van der Waals surface area (Å²) in [6.45, 7) is 11.8. The van der Waals surface area contributed by atoms with Crippen molar-refractivity contribution in [3.63, 3.8) is 0 Å². The third-order valence-corrected chi connectivity index (χ3v) is 3.39. The molecule has 3 nitrogen and oxygen atoms in total. The van der Waals surface area contributed by atoms with Crippen LogP contribution in [-0.2, 0) is 0 Å². The third kappa shape index (κ3) is 2.72. The van der Waals surface area contributed by atoms with Crippen molar-refractivity contribution in [3.05, 3.63) is 29.6 Å². The molecule has 0 aliphatic rings. The van der Waals surface area contributed by atoms with E-state index in [9.17, 15) is 4.79 Å². The number of pyridine rings is 1. The summed E-state index contributed by atoms with van der Waals surface area (Å²) in [7, 11) is 0. The number of Topliss-reactive ketones (excluding diaryl/α,β-unsaturated/α-hetero) is 1. The molecular weight excluding hydrogens is 212 g/mol. The molecule has 1 rings (SSSR count). The Morgan fingerprint density at radius 1 is 1.35 bits per heavy atom. The zero-order valence-electron chi connectivity index (χ0n) is 11.4. The number of likely N-dealkylation sites (N-methyl/N-ethyl adjacent to an activating group) is 1. The number of nitrogens with zero attached hydrogens (tertiary/aromatic N) is 2. The highest BCUT2D eigenvalue weighted by atomic mass is 16.1. The first-order valence-electron chi connectivity index (χ1n) is 6.15. The maximum atomic E-state index is 12.6. The van der Waals surface area contributed by atoms with Gasteiger partial charge >= 0.3 is 0 Å². The Balaban J connectivity index is 3.08. The number of rotatable bonds is 5. The van der Waals surface area contributed by atoms with Crippen LogP contribution in [0, 0.1) is 6.92 Å². The van der Waals surface area contributed by atoms with Crippen molar-refractivity contribution in [2.75, 3.05) is 13.1 Å². The van der Waals surface area contributed by atoms with Crippen LogP contribution in [0.2, 0.25) is 0 Å². The van der Waals surface area contributed by atoms with Gasteiger partial charge in [-0.3, -0.25) is 14.7 Å². The van der Waals surface area contributed by atoms with Gasteiger partial charge < -0.3 is 0 Å². The first kappa shape index (κ1) is 13.8. The number of hydrogen-bond donors (Lipinski definition) is 0. The summed E-state index contributed by atoms with van der Waals surface area (Å²) in [5.74, 6) is 0.145. The zero-order valence-corrected chi connectivity index (χ0v) is 11.4. The van der Waals surface area contributed by atoms with Crippen LogP contribution in [-0.4, -0.2) is 34.3 Å². The normalized spacial score (nSPS) is 11.9. The maximum Gasteiger partial charge on any atom is 0.184 e. The fraction of sp³-hybridized carbons (Fsp3) is 0.571. The van der Waals surface area contributed by atoms with Crippen molar-refractivity contribution < 1.29 is 4.79 Å². The summed E-state index contributed by atoms with van der Waals surface area (Å²) in [5.41, 5.74) is 1.24. The summed E-state index contributed by atoms with van der Waals surface area (Å²) in [5, 5.41) is 0. The second-order valence-electron chi connectivity index (χ2n) is 4.75. The molecule has 0 saturated heterocycles. The van der Waals surface area contributed by atoms with E-state index >= 15 is 0 Å². The molecule has 0 spiro atoms. The van der Waals surface area contributed by atoms with E-state index in [4.69, 9.17) is 0 Å². The van der Waals surface area contributed by atoms with Crippen molar-refractivity contribution in [2.24, 2.45) is 0 Å². The Hall–Kier alpha value is -1.22. The lowest BCUT2D eigenvalue weighted by atomic mass is 9.90. The van der Waals surface area contributed by atoms with Crippen LogP contribution < -0.4 is 0 Å². The molecule has 0 radical (unpaired) electrons. The maximum absolute atomic E-state index is 12.6. The predicted molar refractivity (Wildman–Crippen MR) is 70.3 cm³/mol. The second kappa shape index (κ2) is 5.41. The molecule has 0 fully saturated rings. The fourth-order valence-electron chi connectivity index (χ4n) is 2.19. The Kier molecular flexibility index (Phi) is 4.40. The van der Waals surface area contributed by atoms with Gasteiger partial charge in [-0.2, -0.15) is 0 Å². The molecule has 1 heterocycles. The Morgan fingerprint density at radius 3 is 2.41 bits per heavy atom. The molecule has 0 atom stereocenters. The molecule has 0 N–H and O–H groups in total. The number of carbonyl (C=O) groups is 1. The van der Waals surface area contributed by atoms with Crippen molar-refractivity contribution in [3.8, 4) is 0 Å². The Bertz CT molecular complexity index is 395. The van der Waals surface area contributed by atoms with Crippen LogP contribution in [0.3, 0.4) is 0 Å². The predicted octanol–water partition coefficient (Wildman–Crippen LogP) is 2.69. The molecule has 1 aromatic rings. The Morgan fingerprint density at radius 2 is 1.94 bits per heavy atom. The molecule has 3 heteroatoms. The van der Waals surface area contributed by atoms with E-state index in [1.54, 1.807) is 12.4 Å². The second-order valence-corrected chi connectivity index (χ2v) is 4.75. The molecule has 0 aromatic carbocycles. The summed E-state index contributed by atoms with van der Waals surface area (Å²) >= 11 is 0. The standard InChI is InChI=1S/C14H22N2O/c1-6-16(7-2)14(4,5)13(17)12-10-15-9-8-11(12)3/h8-10H,6-7H2,1-5H3. The van der Waals surface area contributed by atoms with Gasteiger partial charge in [-0.25, -0.2) is 0 Å².